The molecule has 0 heterocycles. The molecule has 0 aromatic heterocycles. The molecule has 0 rings (SSSR count). The maximum Gasteiger partial charge on any atom is 0.233 e. The average Bonchev–Trinajstić information content (AvgIpc) is 2.03. The molecule has 0 saturated carbocycles. The lowest BCUT2D eigenvalue weighted by molar-refractivity contribution is -0.0890. The van der Waals surface area contributed by atoms with E-state index >= 15 is 0 Å². The first-order valence-corrected chi connectivity index (χ1v) is 3.05. The van der Waals surface area contributed by atoms with Crippen molar-refractivity contribution >= 4 is 0 Å². The second-order valence-corrected chi connectivity index (χ2v) is 1.80. The summed E-state index contributed by atoms with van der Waals surface area (Å²) in [4.78, 5) is 0. The lowest BCUT2D eigenvalue weighted by Gasteiger charge is -2.09. The fourth-order valence-electron chi connectivity index (χ4n) is 0.392. The van der Waals surface area contributed by atoms with Crippen LogP contribution in [-0.4, -0.2) is 25.8 Å². The summed E-state index contributed by atoms with van der Waals surface area (Å²) in [6.07, 6.45) is -4.53. The van der Waals surface area contributed by atoms with E-state index in [-0.39, 0.29) is 13.0 Å². The van der Waals surface area contributed by atoms with Crippen molar-refractivity contribution in [3.8, 4) is 6.07 Å². The van der Waals surface area contributed by atoms with Gasteiger partial charge in [-0.25, -0.2) is 13.2 Å². The summed E-state index contributed by atoms with van der Waals surface area (Å²) in [5.41, 5.74) is 0. The van der Waals surface area contributed by atoms with E-state index in [1.165, 1.54) is 0 Å². The minimum Gasteiger partial charge on any atom is -0.345 e. The molecule has 0 fully saturated rings. The third kappa shape index (κ3) is 4.62. The van der Waals surface area contributed by atoms with Crippen LogP contribution in [0.5, 0.6) is 0 Å². The fourth-order valence-corrected chi connectivity index (χ4v) is 0.392. The first-order valence-electron chi connectivity index (χ1n) is 3.05. The van der Waals surface area contributed by atoms with Crippen molar-refractivity contribution in [1.82, 2.24) is 0 Å². The highest BCUT2D eigenvalue weighted by Crippen LogP contribution is 2.06. The molecule has 0 bridgehead atoms. The highest BCUT2D eigenvalue weighted by molar-refractivity contribution is 4.68. The summed E-state index contributed by atoms with van der Waals surface area (Å²) in [6.45, 7) is -1.62. The first kappa shape index (κ1) is 10.2. The van der Waals surface area contributed by atoms with Gasteiger partial charge in [-0.2, -0.15) is 5.26 Å². The maximum absolute atomic E-state index is 12.2. The molecule has 2 atom stereocenters. The summed E-state index contributed by atoms with van der Waals surface area (Å²) in [7, 11) is 0. The number of rotatable bonds is 5. The van der Waals surface area contributed by atoms with Crippen molar-refractivity contribution < 1.29 is 17.9 Å². The standard InChI is InChI=1S/C6H8F3NO/c7-4-5(8)6(9)11-3-1-2-10/h5-6H,1,3-4H2. The predicted octanol–water partition coefficient (Wildman–Crippen LogP) is 1.52. The highest BCUT2D eigenvalue weighted by Gasteiger charge is 2.20. The van der Waals surface area contributed by atoms with Gasteiger partial charge in [0.1, 0.15) is 6.67 Å². The van der Waals surface area contributed by atoms with Crippen LogP contribution in [0.25, 0.3) is 0 Å². The second-order valence-electron chi connectivity index (χ2n) is 1.80. The van der Waals surface area contributed by atoms with Crippen LogP contribution >= 0.6 is 0 Å². The maximum atomic E-state index is 12.2. The van der Waals surface area contributed by atoms with Crippen LogP contribution in [0, 0.1) is 11.3 Å². The minimum absolute atomic E-state index is 0.0283. The van der Waals surface area contributed by atoms with Crippen molar-refractivity contribution in [1.29, 1.82) is 5.26 Å². The van der Waals surface area contributed by atoms with E-state index in [0.717, 1.165) is 0 Å². The third-order valence-electron chi connectivity index (χ3n) is 0.923. The summed E-state index contributed by atoms with van der Waals surface area (Å²) < 4.78 is 39.7. The van der Waals surface area contributed by atoms with E-state index in [1.807, 2.05) is 0 Å². The van der Waals surface area contributed by atoms with Gasteiger partial charge in [0.15, 0.2) is 6.17 Å². The number of nitriles is 1. The number of ether oxygens (including phenoxy) is 1. The molecule has 0 aliphatic rings. The lowest BCUT2D eigenvalue weighted by Crippen LogP contribution is -2.22. The molecular weight excluding hydrogens is 159 g/mol. The van der Waals surface area contributed by atoms with Gasteiger partial charge in [-0.3, -0.25) is 0 Å². The molecule has 0 aliphatic carbocycles. The van der Waals surface area contributed by atoms with Crippen molar-refractivity contribution in [2.75, 3.05) is 13.3 Å². The minimum atomic E-state index is -2.26. The Labute approximate surface area is 62.6 Å². The summed E-state index contributed by atoms with van der Waals surface area (Å²) in [5, 5.41) is 7.95. The van der Waals surface area contributed by atoms with Crippen molar-refractivity contribution in [2.24, 2.45) is 0 Å². The molecule has 64 valence electrons. The van der Waals surface area contributed by atoms with Gasteiger partial charge < -0.3 is 4.74 Å². The monoisotopic (exact) mass is 167 g/mol. The average molecular weight is 167 g/mol. The Balaban J connectivity index is 3.37. The van der Waals surface area contributed by atoms with E-state index in [1.54, 1.807) is 6.07 Å². The van der Waals surface area contributed by atoms with Crippen LogP contribution in [0.4, 0.5) is 13.2 Å². The highest BCUT2D eigenvalue weighted by atomic mass is 19.2. The molecule has 5 heteroatoms. The number of nitrogens with zero attached hydrogens (tertiary/aromatic N) is 1. The van der Waals surface area contributed by atoms with Crippen LogP contribution in [0.15, 0.2) is 0 Å². The lowest BCUT2D eigenvalue weighted by atomic mass is 10.4. The van der Waals surface area contributed by atoms with Gasteiger partial charge in [-0.15, -0.1) is 0 Å². The molecule has 0 radical (unpaired) electrons. The molecule has 0 aromatic rings. The van der Waals surface area contributed by atoms with E-state index < -0.39 is 19.2 Å². The molecule has 0 saturated heterocycles. The van der Waals surface area contributed by atoms with Crippen molar-refractivity contribution in [3.63, 3.8) is 0 Å². The van der Waals surface area contributed by atoms with Gasteiger partial charge in [-0.05, 0) is 0 Å². The summed E-state index contributed by atoms with van der Waals surface area (Å²) >= 11 is 0. The molecule has 0 spiro atoms. The Kier molecular flexibility index (Phi) is 5.57. The van der Waals surface area contributed by atoms with Gasteiger partial charge >= 0.3 is 0 Å². The molecule has 2 unspecified atom stereocenters. The normalized spacial score (nSPS) is 15.5. The number of alkyl halides is 3. The first-order chi connectivity index (χ1) is 5.22. The Bertz CT molecular complexity index is 136. The van der Waals surface area contributed by atoms with Gasteiger partial charge in [0.05, 0.1) is 19.1 Å². The van der Waals surface area contributed by atoms with Crippen molar-refractivity contribution in [2.45, 2.75) is 19.0 Å². The zero-order chi connectivity index (χ0) is 8.69. The SMILES string of the molecule is N#CCCOC(F)C(F)CF. The number of hydrogen-bond acceptors (Lipinski definition) is 2. The molecular formula is C6H8F3NO. The Morgan fingerprint density at radius 2 is 2.09 bits per heavy atom. The molecule has 0 N–H and O–H groups in total. The van der Waals surface area contributed by atoms with E-state index in [9.17, 15) is 13.2 Å². The number of halogens is 3. The molecule has 2 nitrogen and oxygen atoms in total. The van der Waals surface area contributed by atoms with Crippen LogP contribution in [-0.2, 0) is 4.74 Å². The number of hydrogen-bond donors (Lipinski definition) is 0. The Hall–Kier alpha value is -0.760. The van der Waals surface area contributed by atoms with Crippen LogP contribution < -0.4 is 0 Å². The molecule has 0 aliphatic heterocycles. The zero-order valence-electron chi connectivity index (χ0n) is 5.77. The summed E-state index contributed by atoms with van der Waals surface area (Å²) in [5.74, 6) is 0. The quantitative estimate of drug-likeness (QED) is 0.581. The van der Waals surface area contributed by atoms with E-state index in [0.29, 0.717) is 0 Å². The van der Waals surface area contributed by atoms with Gasteiger partial charge in [-0.1, -0.05) is 0 Å². The molecule has 0 aromatic carbocycles. The van der Waals surface area contributed by atoms with E-state index in [2.05, 4.69) is 4.74 Å². The third-order valence-corrected chi connectivity index (χ3v) is 0.923. The van der Waals surface area contributed by atoms with Crippen LogP contribution in [0.3, 0.4) is 0 Å². The van der Waals surface area contributed by atoms with Crippen LogP contribution in [0.2, 0.25) is 0 Å². The predicted molar refractivity (Wildman–Crippen MR) is 31.9 cm³/mol. The van der Waals surface area contributed by atoms with Gasteiger partial charge in [0.25, 0.3) is 0 Å². The molecule has 0 amide bonds. The smallest absolute Gasteiger partial charge is 0.233 e. The molecule has 11 heavy (non-hydrogen) atoms. The zero-order valence-corrected chi connectivity index (χ0v) is 5.77. The van der Waals surface area contributed by atoms with Gasteiger partial charge in [0, 0.05) is 0 Å². The largest absolute Gasteiger partial charge is 0.345 e. The topological polar surface area (TPSA) is 33.0 Å². The fraction of sp³-hybridized carbons (Fsp3) is 0.833. The second kappa shape index (κ2) is 5.98. The van der Waals surface area contributed by atoms with Crippen molar-refractivity contribution in [3.05, 3.63) is 0 Å². The Morgan fingerprint density at radius 1 is 1.45 bits per heavy atom. The van der Waals surface area contributed by atoms with Crippen LogP contribution in [0.1, 0.15) is 6.42 Å². The van der Waals surface area contributed by atoms with E-state index in [4.69, 9.17) is 5.26 Å². The van der Waals surface area contributed by atoms with Gasteiger partial charge in [0.2, 0.25) is 6.36 Å². The Morgan fingerprint density at radius 3 is 2.55 bits per heavy atom. The summed E-state index contributed by atoms with van der Waals surface area (Å²) in [6, 6.07) is 1.67.